The van der Waals surface area contributed by atoms with E-state index in [1.807, 2.05) is 68.6 Å². The number of rotatable bonds is 4. The van der Waals surface area contributed by atoms with E-state index in [-0.39, 0.29) is 0 Å². The second-order valence-electron chi connectivity index (χ2n) is 4.82. The largest absolute Gasteiger partial charge is 0.289 e. The van der Waals surface area contributed by atoms with Crippen molar-refractivity contribution in [3.05, 3.63) is 71.9 Å². The SMILES string of the molecule is CC.O=CC#Cc1ccc(SNCc2ccnc3ccccc23)cc1. The molecule has 0 amide bonds. The van der Waals surface area contributed by atoms with Gasteiger partial charge in [0, 0.05) is 28.6 Å². The molecule has 3 aromatic rings. The van der Waals surface area contributed by atoms with Gasteiger partial charge in [-0.1, -0.05) is 38.0 Å². The molecule has 0 saturated carbocycles. The number of benzene rings is 2. The molecule has 3 rings (SSSR count). The Morgan fingerprint density at radius 1 is 1.08 bits per heavy atom. The summed E-state index contributed by atoms with van der Waals surface area (Å²) >= 11 is 1.57. The van der Waals surface area contributed by atoms with Crippen molar-refractivity contribution in [2.45, 2.75) is 25.3 Å². The van der Waals surface area contributed by atoms with Crippen molar-refractivity contribution in [2.75, 3.05) is 0 Å². The van der Waals surface area contributed by atoms with E-state index in [4.69, 9.17) is 0 Å². The third-order valence-corrected chi connectivity index (χ3v) is 4.12. The molecule has 2 aromatic carbocycles. The predicted octanol–water partition coefficient (Wildman–Crippen LogP) is 4.61. The Balaban J connectivity index is 0.00000109. The van der Waals surface area contributed by atoms with E-state index in [0.29, 0.717) is 6.29 Å². The van der Waals surface area contributed by atoms with Crippen molar-refractivity contribution < 1.29 is 4.79 Å². The van der Waals surface area contributed by atoms with Gasteiger partial charge in [0.05, 0.1) is 5.52 Å². The van der Waals surface area contributed by atoms with Crippen molar-refractivity contribution in [2.24, 2.45) is 0 Å². The molecule has 3 nitrogen and oxygen atoms in total. The summed E-state index contributed by atoms with van der Waals surface area (Å²) in [6.07, 6.45) is 2.44. The minimum atomic E-state index is 0.600. The number of hydrogen-bond acceptors (Lipinski definition) is 4. The highest BCUT2D eigenvalue weighted by atomic mass is 32.2. The molecule has 4 heteroatoms. The number of hydrogen-bond donors (Lipinski definition) is 1. The van der Waals surface area contributed by atoms with Gasteiger partial charge in [-0.3, -0.25) is 14.5 Å². The summed E-state index contributed by atoms with van der Waals surface area (Å²) in [6, 6.07) is 17.9. The van der Waals surface area contributed by atoms with E-state index >= 15 is 0 Å². The third-order valence-electron chi connectivity index (χ3n) is 3.32. The van der Waals surface area contributed by atoms with Crippen LogP contribution >= 0.6 is 11.9 Å². The first-order valence-corrected chi connectivity index (χ1v) is 8.96. The van der Waals surface area contributed by atoms with Gasteiger partial charge in [-0.25, -0.2) is 0 Å². The van der Waals surface area contributed by atoms with Gasteiger partial charge in [0.1, 0.15) is 0 Å². The molecule has 1 heterocycles. The molecule has 0 aliphatic heterocycles. The summed E-state index contributed by atoms with van der Waals surface area (Å²) in [6.45, 7) is 4.75. The number of carbonyl (C=O) groups is 1. The highest BCUT2D eigenvalue weighted by Gasteiger charge is 2.01. The van der Waals surface area contributed by atoms with Gasteiger partial charge in [0.2, 0.25) is 0 Å². The molecule has 0 bridgehead atoms. The lowest BCUT2D eigenvalue weighted by Crippen LogP contribution is -2.03. The fraction of sp³-hybridized carbons (Fsp3) is 0.143. The van der Waals surface area contributed by atoms with Crippen LogP contribution in [0, 0.1) is 11.8 Å². The maximum Gasteiger partial charge on any atom is 0.193 e. The lowest BCUT2D eigenvalue weighted by Gasteiger charge is -2.07. The highest BCUT2D eigenvalue weighted by Crippen LogP contribution is 2.19. The van der Waals surface area contributed by atoms with E-state index in [2.05, 4.69) is 27.6 Å². The van der Waals surface area contributed by atoms with Gasteiger partial charge in [-0.2, -0.15) is 0 Å². The standard InChI is InChI=1S/C19H14N2OS.C2H6/c22-13-3-4-15-7-9-17(10-8-15)23-21-14-16-11-12-20-19-6-2-1-5-18(16)19;1-2/h1-2,5-13,21H,14H2;1-2H3. The number of nitrogens with zero attached hydrogens (tertiary/aromatic N) is 1. The Hall–Kier alpha value is -2.61. The Bertz CT molecular complexity index is 874. The lowest BCUT2D eigenvalue weighted by atomic mass is 10.1. The fourth-order valence-electron chi connectivity index (χ4n) is 2.23. The van der Waals surface area contributed by atoms with Gasteiger partial charge in [0.25, 0.3) is 0 Å². The molecule has 0 radical (unpaired) electrons. The van der Waals surface area contributed by atoms with Crippen molar-refractivity contribution in [3.63, 3.8) is 0 Å². The quantitative estimate of drug-likeness (QED) is 0.425. The monoisotopic (exact) mass is 348 g/mol. The van der Waals surface area contributed by atoms with Crippen LogP contribution in [0.5, 0.6) is 0 Å². The molecule has 0 spiro atoms. The van der Waals surface area contributed by atoms with E-state index < -0.39 is 0 Å². The van der Waals surface area contributed by atoms with E-state index in [1.165, 1.54) is 10.9 Å². The van der Waals surface area contributed by atoms with Crippen LogP contribution in [0.25, 0.3) is 10.9 Å². The Morgan fingerprint density at radius 3 is 2.60 bits per heavy atom. The molecule has 0 aliphatic rings. The Labute approximate surface area is 153 Å². The maximum atomic E-state index is 10.2. The van der Waals surface area contributed by atoms with Crippen LogP contribution in [0.15, 0.2) is 65.7 Å². The minimum Gasteiger partial charge on any atom is -0.289 e. The first-order chi connectivity index (χ1) is 12.4. The van der Waals surface area contributed by atoms with Crippen LogP contribution in [0.4, 0.5) is 0 Å². The third kappa shape index (κ3) is 5.46. The van der Waals surface area contributed by atoms with E-state index in [9.17, 15) is 4.79 Å². The molecule has 0 unspecified atom stereocenters. The molecule has 1 N–H and O–H groups in total. The highest BCUT2D eigenvalue weighted by molar-refractivity contribution is 7.97. The Morgan fingerprint density at radius 2 is 1.84 bits per heavy atom. The predicted molar refractivity (Wildman–Crippen MR) is 105 cm³/mol. The fourth-order valence-corrected chi connectivity index (χ4v) is 2.89. The summed E-state index contributed by atoms with van der Waals surface area (Å²) in [7, 11) is 0. The van der Waals surface area contributed by atoms with Gasteiger partial charge >= 0.3 is 0 Å². The smallest absolute Gasteiger partial charge is 0.193 e. The number of aldehydes is 1. The zero-order valence-electron chi connectivity index (χ0n) is 14.3. The number of para-hydroxylation sites is 1. The first-order valence-electron chi connectivity index (χ1n) is 8.14. The summed E-state index contributed by atoms with van der Waals surface area (Å²) in [5.41, 5.74) is 3.06. The van der Waals surface area contributed by atoms with Crippen LogP contribution in [0.3, 0.4) is 0 Å². The van der Waals surface area contributed by atoms with Crippen LogP contribution in [-0.2, 0) is 11.3 Å². The normalized spacial score (nSPS) is 9.52. The molecule has 126 valence electrons. The molecule has 25 heavy (non-hydrogen) atoms. The summed E-state index contributed by atoms with van der Waals surface area (Å²) < 4.78 is 3.37. The second-order valence-corrected chi connectivity index (χ2v) is 5.79. The maximum absolute atomic E-state index is 10.2. The van der Waals surface area contributed by atoms with Gasteiger partial charge in [-0.05, 0) is 59.8 Å². The minimum absolute atomic E-state index is 0.600. The molecular weight excluding hydrogens is 328 g/mol. The molecule has 0 saturated heterocycles. The molecule has 0 aliphatic carbocycles. The van der Waals surface area contributed by atoms with Crippen molar-refractivity contribution >= 4 is 29.1 Å². The molecular formula is C21H20N2OS. The molecule has 0 atom stereocenters. The van der Waals surface area contributed by atoms with E-state index in [0.717, 1.165) is 22.5 Å². The average molecular weight is 348 g/mol. The zero-order valence-corrected chi connectivity index (χ0v) is 15.1. The van der Waals surface area contributed by atoms with Crippen molar-refractivity contribution in [1.82, 2.24) is 9.71 Å². The number of carbonyl (C=O) groups excluding carboxylic acids is 1. The molecule has 0 fully saturated rings. The number of aromatic nitrogens is 1. The van der Waals surface area contributed by atoms with Gasteiger partial charge in [0.15, 0.2) is 6.29 Å². The number of nitrogens with one attached hydrogen (secondary N) is 1. The average Bonchev–Trinajstić information content (AvgIpc) is 2.69. The first kappa shape index (κ1) is 18.7. The Kier molecular flexibility index (Phi) is 7.71. The van der Waals surface area contributed by atoms with Crippen LogP contribution in [-0.4, -0.2) is 11.3 Å². The number of pyridine rings is 1. The van der Waals surface area contributed by atoms with E-state index in [1.54, 1.807) is 11.9 Å². The lowest BCUT2D eigenvalue weighted by molar-refractivity contribution is -0.103. The van der Waals surface area contributed by atoms with Crippen molar-refractivity contribution in [1.29, 1.82) is 0 Å². The molecule has 1 aromatic heterocycles. The zero-order chi connectivity index (χ0) is 17.9. The summed E-state index contributed by atoms with van der Waals surface area (Å²) in [5.74, 6) is 5.18. The number of fused-ring (bicyclic) bond motifs is 1. The topological polar surface area (TPSA) is 42.0 Å². The van der Waals surface area contributed by atoms with Gasteiger partial charge < -0.3 is 0 Å². The van der Waals surface area contributed by atoms with Gasteiger partial charge in [-0.15, -0.1) is 0 Å². The second kappa shape index (κ2) is 10.3. The van der Waals surface area contributed by atoms with Crippen LogP contribution < -0.4 is 4.72 Å². The van der Waals surface area contributed by atoms with Crippen LogP contribution in [0.2, 0.25) is 0 Å². The summed E-state index contributed by atoms with van der Waals surface area (Å²) in [5, 5.41) is 1.17. The van der Waals surface area contributed by atoms with Crippen molar-refractivity contribution in [3.8, 4) is 11.8 Å². The van der Waals surface area contributed by atoms with Crippen LogP contribution in [0.1, 0.15) is 25.0 Å². The summed E-state index contributed by atoms with van der Waals surface area (Å²) in [4.78, 5) is 15.7.